The van der Waals surface area contributed by atoms with E-state index in [0.717, 1.165) is 11.3 Å². The number of benzene rings is 1. The molecule has 8 nitrogen and oxygen atoms in total. The number of hydrogen-bond donors (Lipinski definition) is 2. The van der Waals surface area contributed by atoms with Crippen molar-refractivity contribution in [3.05, 3.63) is 47.7 Å². The summed E-state index contributed by atoms with van der Waals surface area (Å²) >= 11 is 0. The van der Waals surface area contributed by atoms with E-state index in [1.807, 2.05) is 6.07 Å². The number of carbonyl (C=O) groups excluding carboxylic acids is 2. The number of amidine groups is 1. The molecule has 0 aliphatic carbocycles. The number of anilines is 2. The average molecular weight is 372 g/mol. The highest BCUT2D eigenvalue weighted by atomic mass is 32.2. The Morgan fingerprint density at radius 3 is 2.96 bits per heavy atom. The number of fused-ring (bicyclic) bond motifs is 2. The number of rotatable bonds is 2. The van der Waals surface area contributed by atoms with Gasteiger partial charge in [0.2, 0.25) is 5.91 Å². The Labute approximate surface area is 150 Å². The molecular formula is C17H16N4O4S. The van der Waals surface area contributed by atoms with Gasteiger partial charge in [-0.05, 0) is 42.3 Å². The van der Waals surface area contributed by atoms with Gasteiger partial charge in [0.25, 0.3) is 15.9 Å². The lowest BCUT2D eigenvalue weighted by Crippen LogP contribution is -2.40. The third-order valence-electron chi connectivity index (χ3n) is 4.36. The van der Waals surface area contributed by atoms with Gasteiger partial charge in [-0.3, -0.25) is 9.59 Å². The summed E-state index contributed by atoms with van der Waals surface area (Å²) in [6, 6.07) is 5.24. The molecule has 26 heavy (non-hydrogen) atoms. The molecule has 0 spiro atoms. The van der Waals surface area contributed by atoms with Crippen LogP contribution in [-0.4, -0.2) is 43.3 Å². The van der Waals surface area contributed by atoms with Gasteiger partial charge in [-0.25, -0.2) is 8.42 Å². The van der Waals surface area contributed by atoms with E-state index in [1.54, 1.807) is 35.4 Å². The van der Waals surface area contributed by atoms with E-state index in [-0.39, 0.29) is 29.6 Å². The molecule has 0 aromatic heterocycles. The first kappa shape index (κ1) is 16.5. The lowest BCUT2D eigenvalue weighted by atomic mass is 10.0. The summed E-state index contributed by atoms with van der Waals surface area (Å²) in [5.41, 5.74) is 2.46. The lowest BCUT2D eigenvalue weighted by Gasteiger charge is -2.28. The minimum absolute atomic E-state index is 0.0231. The van der Waals surface area contributed by atoms with E-state index in [0.29, 0.717) is 18.5 Å². The summed E-state index contributed by atoms with van der Waals surface area (Å²) in [6.45, 7) is 0.265. The van der Waals surface area contributed by atoms with Crippen LogP contribution in [0.25, 0.3) is 0 Å². The standard InChI is InChI=1S/C17H16N4O4S/c22-15-6-3-11-10-12(4-5-14(11)19-15)18-17(23)13-2-1-7-21-8-9-26(24,25)20-16(13)21/h1-2,4-5,7,10H,3,6,8-9H2,(H,18,23)(H,19,22). The highest BCUT2D eigenvalue weighted by Crippen LogP contribution is 2.26. The summed E-state index contributed by atoms with van der Waals surface area (Å²) in [7, 11) is -3.56. The number of carbonyl (C=O) groups is 2. The molecule has 1 aromatic carbocycles. The highest BCUT2D eigenvalue weighted by molar-refractivity contribution is 7.90. The molecule has 0 unspecified atom stereocenters. The predicted octanol–water partition coefficient (Wildman–Crippen LogP) is 1.01. The second-order valence-electron chi connectivity index (χ2n) is 6.19. The molecular weight excluding hydrogens is 356 g/mol. The molecule has 3 aliphatic heterocycles. The van der Waals surface area contributed by atoms with Gasteiger partial charge >= 0.3 is 0 Å². The number of nitrogens with one attached hydrogen (secondary N) is 2. The zero-order valence-corrected chi connectivity index (χ0v) is 14.5. The van der Waals surface area contributed by atoms with Gasteiger partial charge in [-0.15, -0.1) is 4.40 Å². The largest absolute Gasteiger partial charge is 0.331 e. The van der Waals surface area contributed by atoms with Crippen molar-refractivity contribution in [1.29, 1.82) is 0 Å². The Kier molecular flexibility index (Phi) is 3.87. The Hall–Kier alpha value is -2.94. The maximum Gasteiger partial charge on any atom is 0.259 e. The van der Waals surface area contributed by atoms with E-state index in [9.17, 15) is 18.0 Å². The van der Waals surface area contributed by atoms with Crippen LogP contribution in [0.5, 0.6) is 0 Å². The highest BCUT2D eigenvalue weighted by Gasteiger charge is 2.30. The first-order chi connectivity index (χ1) is 12.4. The van der Waals surface area contributed by atoms with Crippen molar-refractivity contribution in [1.82, 2.24) is 4.90 Å². The van der Waals surface area contributed by atoms with E-state index >= 15 is 0 Å². The molecule has 2 amide bonds. The summed E-state index contributed by atoms with van der Waals surface area (Å²) in [4.78, 5) is 25.7. The van der Waals surface area contributed by atoms with Crippen molar-refractivity contribution in [3.8, 4) is 0 Å². The Balaban J connectivity index is 1.58. The SMILES string of the molecule is O=C1CCc2cc(NC(=O)C3=CC=CN4CCS(=O)(=O)N=C34)ccc2N1. The maximum absolute atomic E-state index is 12.7. The van der Waals surface area contributed by atoms with Crippen LogP contribution in [0, 0.1) is 0 Å². The Bertz CT molecular complexity index is 1010. The van der Waals surface area contributed by atoms with Gasteiger partial charge in [0.1, 0.15) is 0 Å². The van der Waals surface area contributed by atoms with Gasteiger partial charge in [0.05, 0.1) is 11.3 Å². The van der Waals surface area contributed by atoms with Gasteiger partial charge < -0.3 is 15.5 Å². The fraction of sp³-hybridized carbons (Fsp3) is 0.235. The third-order valence-corrected chi connectivity index (χ3v) is 5.51. The van der Waals surface area contributed by atoms with Gasteiger partial charge in [0.15, 0.2) is 5.84 Å². The molecule has 9 heteroatoms. The quantitative estimate of drug-likeness (QED) is 0.805. The minimum Gasteiger partial charge on any atom is -0.331 e. The van der Waals surface area contributed by atoms with Crippen molar-refractivity contribution >= 4 is 39.0 Å². The van der Waals surface area contributed by atoms with Crippen LogP contribution < -0.4 is 10.6 Å². The van der Waals surface area contributed by atoms with Crippen molar-refractivity contribution in [3.63, 3.8) is 0 Å². The van der Waals surface area contributed by atoms with Crippen molar-refractivity contribution in [2.75, 3.05) is 22.9 Å². The molecule has 1 aromatic rings. The number of allylic oxidation sites excluding steroid dienone is 2. The fourth-order valence-electron chi connectivity index (χ4n) is 3.05. The van der Waals surface area contributed by atoms with E-state index in [4.69, 9.17) is 0 Å². The average Bonchev–Trinajstić information content (AvgIpc) is 2.60. The molecule has 3 aliphatic rings. The number of aryl methyl sites for hydroxylation is 1. The van der Waals surface area contributed by atoms with Crippen molar-refractivity contribution < 1.29 is 18.0 Å². The molecule has 0 saturated heterocycles. The monoisotopic (exact) mass is 372 g/mol. The van der Waals surface area contributed by atoms with Crippen molar-refractivity contribution in [2.24, 2.45) is 4.40 Å². The smallest absolute Gasteiger partial charge is 0.259 e. The Morgan fingerprint density at radius 2 is 2.12 bits per heavy atom. The second-order valence-corrected chi connectivity index (χ2v) is 7.95. The topological polar surface area (TPSA) is 108 Å². The zero-order chi connectivity index (χ0) is 18.3. The first-order valence-corrected chi connectivity index (χ1v) is 9.74. The molecule has 0 fully saturated rings. The molecule has 0 radical (unpaired) electrons. The molecule has 0 atom stereocenters. The molecule has 2 N–H and O–H groups in total. The van der Waals surface area contributed by atoms with Gasteiger partial charge in [-0.2, -0.15) is 0 Å². The molecule has 4 rings (SSSR count). The van der Waals surface area contributed by atoms with Crippen LogP contribution in [0.4, 0.5) is 11.4 Å². The van der Waals surface area contributed by atoms with E-state index < -0.39 is 15.9 Å². The lowest BCUT2D eigenvalue weighted by molar-refractivity contribution is -0.116. The van der Waals surface area contributed by atoms with Crippen LogP contribution in [0.1, 0.15) is 12.0 Å². The normalized spacial score (nSPS) is 20.3. The number of hydrogen-bond acceptors (Lipinski definition) is 5. The van der Waals surface area contributed by atoms with Gasteiger partial charge in [0, 0.05) is 30.5 Å². The molecule has 0 bridgehead atoms. The molecule has 134 valence electrons. The molecule has 0 saturated carbocycles. The zero-order valence-electron chi connectivity index (χ0n) is 13.7. The Morgan fingerprint density at radius 1 is 1.27 bits per heavy atom. The van der Waals surface area contributed by atoms with E-state index in [2.05, 4.69) is 15.0 Å². The summed E-state index contributed by atoms with van der Waals surface area (Å²) < 4.78 is 27.3. The van der Waals surface area contributed by atoms with Crippen LogP contribution in [0.3, 0.4) is 0 Å². The number of sulfonamides is 1. The second kappa shape index (κ2) is 6.10. The van der Waals surface area contributed by atoms with E-state index in [1.165, 1.54) is 0 Å². The first-order valence-electron chi connectivity index (χ1n) is 8.13. The number of amides is 2. The maximum atomic E-state index is 12.7. The minimum atomic E-state index is -3.56. The summed E-state index contributed by atoms with van der Waals surface area (Å²) in [6.07, 6.45) is 5.95. The van der Waals surface area contributed by atoms with Crippen LogP contribution in [0.15, 0.2) is 46.5 Å². The summed E-state index contributed by atoms with van der Waals surface area (Å²) in [5, 5.41) is 5.56. The third kappa shape index (κ3) is 3.13. The van der Waals surface area contributed by atoms with Crippen LogP contribution >= 0.6 is 0 Å². The molecule has 3 heterocycles. The fourth-order valence-corrected chi connectivity index (χ4v) is 4.04. The predicted molar refractivity (Wildman–Crippen MR) is 97.2 cm³/mol. The van der Waals surface area contributed by atoms with Crippen LogP contribution in [0.2, 0.25) is 0 Å². The van der Waals surface area contributed by atoms with Gasteiger partial charge in [-0.1, -0.05) is 0 Å². The summed E-state index contributed by atoms with van der Waals surface area (Å²) in [5.74, 6) is -0.395. The number of nitrogens with zero attached hydrogens (tertiary/aromatic N) is 2. The van der Waals surface area contributed by atoms with Crippen LogP contribution in [-0.2, 0) is 26.0 Å². The van der Waals surface area contributed by atoms with Crippen molar-refractivity contribution in [2.45, 2.75) is 12.8 Å².